The van der Waals surface area contributed by atoms with Gasteiger partial charge in [0.25, 0.3) is 0 Å². The molecule has 2 aromatic heterocycles. The third-order valence-electron chi connectivity index (χ3n) is 1.97. The maximum Gasteiger partial charge on any atom is 0.374 e. The normalized spacial score (nSPS) is 10.1. The lowest BCUT2D eigenvalue weighted by atomic mass is 10.2. The van der Waals surface area contributed by atoms with Crippen LogP contribution in [0.25, 0.3) is 11.3 Å². The maximum atomic E-state index is 10.6. The predicted molar refractivity (Wildman–Crippen MR) is 53.2 cm³/mol. The van der Waals surface area contributed by atoms with E-state index in [1.54, 1.807) is 18.5 Å². The topological polar surface area (TPSA) is 85.5 Å². The summed E-state index contributed by atoms with van der Waals surface area (Å²) < 4.78 is 9.63. The zero-order valence-corrected chi connectivity index (χ0v) is 8.38. The average Bonchev–Trinajstić information content (AvgIpc) is 2.78. The minimum atomic E-state index is -1.16. The molecule has 0 fully saturated rings. The Morgan fingerprint density at radius 1 is 1.44 bits per heavy atom. The number of rotatable bonds is 3. The number of hydrogen-bond acceptors (Lipinski definition) is 5. The molecule has 2 rings (SSSR count). The molecular formula is C10H8N2O4. The van der Waals surface area contributed by atoms with E-state index >= 15 is 0 Å². The summed E-state index contributed by atoms with van der Waals surface area (Å²) in [4.78, 5) is 14.5. The number of nitrogens with zero attached hydrogens (tertiary/aromatic N) is 2. The van der Waals surface area contributed by atoms with E-state index in [2.05, 4.69) is 14.7 Å². The minimum Gasteiger partial charge on any atom is -0.495 e. The van der Waals surface area contributed by atoms with E-state index < -0.39 is 5.97 Å². The Hall–Kier alpha value is -2.37. The van der Waals surface area contributed by atoms with Crippen LogP contribution in [-0.2, 0) is 0 Å². The molecule has 0 aliphatic rings. The fourth-order valence-electron chi connectivity index (χ4n) is 1.18. The van der Waals surface area contributed by atoms with Gasteiger partial charge in [0.1, 0.15) is 11.4 Å². The van der Waals surface area contributed by atoms with Gasteiger partial charge in [0.2, 0.25) is 5.76 Å². The number of ether oxygens (including phenoxy) is 1. The molecule has 6 nitrogen and oxygen atoms in total. The number of carbonyl (C=O) groups is 1. The third-order valence-corrected chi connectivity index (χ3v) is 1.97. The first-order valence-electron chi connectivity index (χ1n) is 4.40. The minimum absolute atomic E-state index is 0.210. The van der Waals surface area contributed by atoms with Gasteiger partial charge in [-0.1, -0.05) is 5.16 Å². The molecule has 2 aromatic rings. The molecule has 0 aliphatic carbocycles. The van der Waals surface area contributed by atoms with E-state index in [1.165, 1.54) is 13.2 Å². The first kappa shape index (κ1) is 10.2. The molecule has 0 aliphatic heterocycles. The molecule has 6 heteroatoms. The highest BCUT2D eigenvalue weighted by atomic mass is 16.5. The van der Waals surface area contributed by atoms with Crippen LogP contribution in [0.1, 0.15) is 10.6 Å². The summed E-state index contributed by atoms with van der Waals surface area (Å²) in [7, 11) is 1.52. The zero-order chi connectivity index (χ0) is 11.5. The SMILES string of the molecule is COc1cncc(-c2cc(C(=O)O)on2)c1. The summed E-state index contributed by atoms with van der Waals surface area (Å²) in [5.41, 5.74) is 1.04. The third kappa shape index (κ3) is 1.85. The second-order valence-electron chi connectivity index (χ2n) is 2.99. The van der Waals surface area contributed by atoms with Crippen LogP contribution in [0.3, 0.4) is 0 Å². The van der Waals surface area contributed by atoms with Crippen LogP contribution in [0, 0.1) is 0 Å². The molecule has 0 radical (unpaired) electrons. The molecule has 0 saturated heterocycles. The van der Waals surface area contributed by atoms with Crippen LogP contribution in [0.4, 0.5) is 0 Å². The van der Waals surface area contributed by atoms with Crippen molar-refractivity contribution in [1.29, 1.82) is 0 Å². The number of pyridine rings is 1. The molecule has 0 aromatic carbocycles. The fraction of sp³-hybridized carbons (Fsp3) is 0.100. The van der Waals surface area contributed by atoms with Crippen molar-refractivity contribution < 1.29 is 19.2 Å². The Kier molecular flexibility index (Phi) is 2.55. The van der Waals surface area contributed by atoms with E-state index in [-0.39, 0.29) is 5.76 Å². The van der Waals surface area contributed by atoms with Crippen molar-refractivity contribution >= 4 is 5.97 Å². The quantitative estimate of drug-likeness (QED) is 0.842. The van der Waals surface area contributed by atoms with E-state index in [0.717, 1.165) is 0 Å². The summed E-state index contributed by atoms with van der Waals surface area (Å²) in [6.45, 7) is 0. The summed E-state index contributed by atoms with van der Waals surface area (Å²) in [5, 5.41) is 12.3. The largest absolute Gasteiger partial charge is 0.495 e. The lowest BCUT2D eigenvalue weighted by Gasteiger charge is -1.99. The molecule has 0 unspecified atom stereocenters. The highest BCUT2D eigenvalue weighted by Gasteiger charge is 2.12. The van der Waals surface area contributed by atoms with Crippen molar-refractivity contribution in [3.63, 3.8) is 0 Å². The number of methoxy groups -OCH3 is 1. The van der Waals surface area contributed by atoms with Gasteiger partial charge in [0.15, 0.2) is 0 Å². The molecule has 16 heavy (non-hydrogen) atoms. The van der Waals surface area contributed by atoms with Gasteiger partial charge in [0.05, 0.1) is 13.3 Å². The second-order valence-corrected chi connectivity index (χ2v) is 2.99. The van der Waals surface area contributed by atoms with Gasteiger partial charge in [-0.25, -0.2) is 4.79 Å². The van der Waals surface area contributed by atoms with Crippen LogP contribution >= 0.6 is 0 Å². The first-order chi connectivity index (χ1) is 7.70. The van der Waals surface area contributed by atoms with Crippen LogP contribution in [0.15, 0.2) is 29.0 Å². The van der Waals surface area contributed by atoms with Gasteiger partial charge >= 0.3 is 5.97 Å². The highest BCUT2D eigenvalue weighted by molar-refractivity contribution is 5.85. The number of hydrogen-bond donors (Lipinski definition) is 1. The Bertz CT molecular complexity index is 521. The number of carboxylic acid groups (broad SMARTS) is 1. The van der Waals surface area contributed by atoms with Crippen LogP contribution in [-0.4, -0.2) is 28.3 Å². The lowest BCUT2D eigenvalue weighted by molar-refractivity contribution is 0.0652. The molecular weight excluding hydrogens is 212 g/mol. The van der Waals surface area contributed by atoms with Crippen molar-refractivity contribution in [1.82, 2.24) is 10.1 Å². The zero-order valence-electron chi connectivity index (χ0n) is 8.38. The number of carboxylic acids is 1. The van der Waals surface area contributed by atoms with Crippen LogP contribution in [0.5, 0.6) is 5.75 Å². The van der Waals surface area contributed by atoms with Crippen molar-refractivity contribution in [2.45, 2.75) is 0 Å². The Morgan fingerprint density at radius 2 is 2.25 bits per heavy atom. The second kappa shape index (κ2) is 4.01. The molecule has 0 atom stereocenters. The average molecular weight is 220 g/mol. The molecule has 0 bridgehead atoms. The van der Waals surface area contributed by atoms with Gasteiger partial charge < -0.3 is 14.4 Å². The van der Waals surface area contributed by atoms with E-state index in [9.17, 15) is 4.79 Å². The summed E-state index contributed by atoms with van der Waals surface area (Å²) in [5.74, 6) is -0.801. The van der Waals surface area contributed by atoms with Crippen LogP contribution in [0.2, 0.25) is 0 Å². The molecule has 0 saturated carbocycles. The summed E-state index contributed by atoms with van der Waals surface area (Å²) in [6, 6.07) is 3.02. The van der Waals surface area contributed by atoms with Crippen LogP contribution < -0.4 is 4.74 Å². The van der Waals surface area contributed by atoms with E-state index in [1.807, 2.05) is 0 Å². The predicted octanol–water partition coefficient (Wildman–Crippen LogP) is 1.44. The Labute approximate surface area is 90.5 Å². The maximum absolute atomic E-state index is 10.6. The van der Waals surface area contributed by atoms with Gasteiger partial charge in [-0.3, -0.25) is 4.98 Å². The monoisotopic (exact) mass is 220 g/mol. The fourth-order valence-corrected chi connectivity index (χ4v) is 1.18. The molecule has 1 N–H and O–H groups in total. The van der Waals surface area contributed by atoms with E-state index in [0.29, 0.717) is 17.0 Å². The molecule has 0 spiro atoms. The standard InChI is InChI=1S/C10H8N2O4/c1-15-7-2-6(4-11-5-7)8-3-9(10(13)14)16-12-8/h2-5H,1H3,(H,13,14). The molecule has 82 valence electrons. The lowest BCUT2D eigenvalue weighted by Crippen LogP contribution is -1.91. The van der Waals surface area contributed by atoms with Crippen molar-refractivity contribution in [2.24, 2.45) is 0 Å². The van der Waals surface area contributed by atoms with Gasteiger partial charge in [-0.05, 0) is 6.07 Å². The van der Waals surface area contributed by atoms with Crippen molar-refractivity contribution in [3.8, 4) is 17.0 Å². The van der Waals surface area contributed by atoms with Gasteiger partial charge in [0, 0.05) is 17.8 Å². The first-order valence-corrected chi connectivity index (χ1v) is 4.40. The van der Waals surface area contributed by atoms with Crippen molar-refractivity contribution in [3.05, 3.63) is 30.3 Å². The van der Waals surface area contributed by atoms with E-state index in [4.69, 9.17) is 9.84 Å². The number of aromatic nitrogens is 2. The summed E-state index contributed by atoms with van der Waals surface area (Å²) >= 11 is 0. The number of aromatic carboxylic acids is 1. The van der Waals surface area contributed by atoms with Gasteiger partial charge in [-0.15, -0.1) is 0 Å². The van der Waals surface area contributed by atoms with Crippen molar-refractivity contribution in [2.75, 3.05) is 7.11 Å². The highest BCUT2D eigenvalue weighted by Crippen LogP contribution is 2.21. The van der Waals surface area contributed by atoms with Gasteiger partial charge in [-0.2, -0.15) is 0 Å². The Balaban J connectivity index is 2.38. The Morgan fingerprint density at radius 3 is 2.88 bits per heavy atom. The molecule has 0 amide bonds. The summed E-state index contributed by atoms with van der Waals surface area (Å²) in [6.07, 6.45) is 3.09. The molecule has 2 heterocycles. The smallest absolute Gasteiger partial charge is 0.374 e.